The van der Waals surface area contributed by atoms with Crippen LogP contribution in [0.15, 0.2) is 24.3 Å². The Hall–Kier alpha value is -1.84. The maximum Gasteiger partial charge on any atom is 0.227 e. The van der Waals surface area contributed by atoms with Crippen LogP contribution in [-0.4, -0.2) is 36.3 Å². The lowest BCUT2D eigenvalue weighted by molar-refractivity contribution is -0.136. The molecule has 2 heterocycles. The predicted molar refractivity (Wildman–Crippen MR) is 104 cm³/mol. The molecule has 2 saturated heterocycles. The first-order valence-electron chi connectivity index (χ1n) is 10.7. The zero-order valence-electron chi connectivity index (χ0n) is 16.3. The molecule has 2 amide bonds. The summed E-state index contributed by atoms with van der Waals surface area (Å²) in [5.41, 5.74) is 3.72. The Morgan fingerprint density at radius 3 is 2.59 bits per heavy atom. The van der Waals surface area contributed by atoms with E-state index in [4.69, 9.17) is 0 Å². The summed E-state index contributed by atoms with van der Waals surface area (Å²) in [7, 11) is 0. The molecule has 0 radical (unpaired) electrons. The summed E-state index contributed by atoms with van der Waals surface area (Å²) in [6.07, 6.45) is 7.16. The van der Waals surface area contributed by atoms with Crippen molar-refractivity contribution in [2.75, 3.05) is 19.6 Å². The Morgan fingerprint density at radius 1 is 1.15 bits per heavy atom. The number of rotatable bonds is 3. The average Bonchev–Trinajstić information content (AvgIpc) is 3.58. The summed E-state index contributed by atoms with van der Waals surface area (Å²) in [6, 6.07) is 9.41. The van der Waals surface area contributed by atoms with Crippen LogP contribution >= 0.6 is 0 Å². The molecule has 2 unspecified atom stereocenters. The highest BCUT2D eigenvalue weighted by atomic mass is 16.2. The Morgan fingerprint density at radius 2 is 1.89 bits per heavy atom. The minimum Gasteiger partial charge on any atom is -0.355 e. The number of nitrogens with zero attached hydrogens (tertiary/aromatic N) is 1. The van der Waals surface area contributed by atoms with E-state index in [1.165, 1.54) is 30.4 Å². The van der Waals surface area contributed by atoms with Gasteiger partial charge in [0.05, 0.1) is 5.92 Å². The van der Waals surface area contributed by atoms with Crippen molar-refractivity contribution in [1.29, 1.82) is 0 Å². The Bertz CT molecular complexity index is 767. The fourth-order valence-corrected chi connectivity index (χ4v) is 5.40. The first kappa shape index (κ1) is 17.3. The van der Waals surface area contributed by atoms with Crippen LogP contribution in [-0.2, 0) is 20.4 Å². The molecule has 27 heavy (non-hydrogen) atoms. The molecule has 3 atom stereocenters. The van der Waals surface area contributed by atoms with Gasteiger partial charge in [0.2, 0.25) is 11.8 Å². The monoisotopic (exact) mass is 366 g/mol. The first-order chi connectivity index (χ1) is 13.0. The van der Waals surface area contributed by atoms with Gasteiger partial charge in [-0.1, -0.05) is 31.2 Å². The van der Waals surface area contributed by atoms with Crippen molar-refractivity contribution >= 4 is 11.8 Å². The molecule has 1 N–H and O–H groups in total. The van der Waals surface area contributed by atoms with Gasteiger partial charge in [0, 0.05) is 31.5 Å². The maximum absolute atomic E-state index is 13.0. The van der Waals surface area contributed by atoms with Crippen molar-refractivity contribution in [2.45, 2.75) is 62.7 Å². The van der Waals surface area contributed by atoms with Crippen LogP contribution in [0.25, 0.3) is 0 Å². The highest BCUT2D eigenvalue weighted by Crippen LogP contribution is 2.59. The van der Waals surface area contributed by atoms with Crippen molar-refractivity contribution < 1.29 is 9.59 Å². The molecule has 2 aliphatic heterocycles. The summed E-state index contributed by atoms with van der Waals surface area (Å²) in [5.74, 6) is 0.933. The van der Waals surface area contributed by atoms with Crippen LogP contribution < -0.4 is 5.32 Å². The van der Waals surface area contributed by atoms with Crippen LogP contribution in [0.1, 0.15) is 63.0 Å². The third-order valence-electron chi connectivity index (χ3n) is 7.82. The van der Waals surface area contributed by atoms with Gasteiger partial charge in [0.1, 0.15) is 0 Å². The molecule has 4 fully saturated rings. The normalized spacial score (nSPS) is 34.3. The molecule has 0 bridgehead atoms. The predicted octanol–water partition coefficient (Wildman–Crippen LogP) is 3.14. The Labute approximate surface area is 161 Å². The molecule has 2 saturated carbocycles. The molecule has 2 aliphatic carbocycles. The molecular formula is C23H30N2O2. The maximum atomic E-state index is 13.0. The smallest absolute Gasteiger partial charge is 0.227 e. The van der Waals surface area contributed by atoms with Crippen LogP contribution in [0.5, 0.6) is 0 Å². The molecule has 4 heteroatoms. The number of nitrogens with one attached hydrogen (secondary N) is 1. The molecule has 144 valence electrons. The van der Waals surface area contributed by atoms with Crippen molar-refractivity contribution in [3.8, 4) is 0 Å². The standard InChI is InChI=1S/C23H30N2O2/c1-22(9-10-22)17-5-7-18(8-6-17)23-11-12-25(15-19(23)13-23)21(27)16-3-2-4-20(26)24-14-16/h5-8,16,19H,2-4,9-15H2,1H3,(H,24,26)/t16-,19?,23?/m1/s1. The summed E-state index contributed by atoms with van der Waals surface area (Å²) >= 11 is 0. The molecule has 0 spiro atoms. The summed E-state index contributed by atoms with van der Waals surface area (Å²) in [4.78, 5) is 26.6. The number of carbonyl (C=O) groups excluding carboxylic acids is 2. The van der Waals surface area contributed by atoms with Gasteiger partial charge < -0.3 is 10.2 Å². The van der Waals surface area contributed by atoms with E-state index in [-0.39, 0.29) is 17.7 Å². The molecule has 4 aliphatic rings. The highest BCUT2D eigenvalue weighted by molar-refractivity contribution is 5.82. The second kappa shape index (κ2) is 6.08. The van der Waals surface area contributed by atoms with E-state index in [2.05, 4.69) is 41.4 Å². The molecule has 4 nitrogen and oxygen atoms in total. The van der Waals surface area contributed by atoms with Crippen LogP contribution in [0.4, 0.5) is 0 Å². The van der Waals surface area contributed by atoms with Gasteiger partial charge in [0.15, 0.2) is 0 Å². The third-order valence-corrected chi connectivity index (χ3v) is 7.82. The van der Waals surface area contributed by atoms with E-state index in [1.807, 2.05) is 0 Å². The lowest BCUT2D eigenvalue weighted by Gasteiger charge is -2.34. The first-order valence-corrected chi connectivity index (χ1v) is 10.7. The number of fused-ring (bicyclic) bond motifs is 1. The second-order valence-corrected chi connectivity index (χ2v) is 9.62. The topological polar surface area (TPSA) is 49.4 Å². The fourth-order valence-electron chi connectivity index (χ4n) is 5.40. The number of hydrogen-bond acceptors (Lipinski definition) is 2. The van der Waals surface area contributed by atoms with E-state index in [0.717, 1.165) is 32.4 Å². The fraction of sp³-hybridized carbons (Fsp3) is 0.652. The highest BCUT2D eigenvalue weighted by Gasteiger charge is 2.58. The van der Waals surface area contributed by atoms with Crippen molar-refractivity contribution in [1.82, 2.24) is 10.2 Å². The number of amides is 2. The average molecular weight is 367 g/mol. The van der Waals surface area contributed by atoms with Crippen LogP contribution in [0, 0.1) is 11.8 Å². The molecule has 5 rings (SSSR count). The summed E-state index contributed by atoms with van der Waals surface area (Å²) in [5, 5.41) is 2.91. The SMILES string of the molecule is CC1(c2ccc(C34CCN(C(=O)[C@@H]5CCCC(=O)NC5)CC3C4)cc2)CC1. The van der Waals surface area contributed by atoms with E-state index in [0.29, 0.717) is 29.7 Å². The third kappa shape index (κ3) is 2.97. The van der Waals surface area contributed by atoms with Gasteiger partial charge in [-0.3, -0.25) is 9.59 Å². The van der Waals surface area contributed by atoms with Crippen molar-refractivity contribution in [2.24, 2.45) is 11.8 Å². The number of benzene rings is 1. The summed E-state index contributed by atoms with van der Waals surface area (Å²) < 4.78 is 0. The van der Waals surface area contributed by atoms with Crippen molar-refractivity contribution in [3.63, 3.8) is 0 Å². The van der Waals surface area contributed by atoms with Crippen LogP contribution in [0.3, 0.4) is 0 Å². The van der Waals surface area contributed by atoms with Crippen molar-refractivity contribution in [3.05, 3.63) is 35.4 Å². The van der Waals surface area contributed by atoms with Gasteiger partial charge in [-0.2, -0.15) is 0 Å². The van der Waals surface area contributed by atoms with Gasteiger partial charge in [-0.25, -0.2) is 0 Å². The van der Waals surface area contributed by atoms with Crippen LogP contribution in [0.2, 0.25) is 0 Å². The molecular weight excluding hydrogens is 336 g/mol. The number of hydrogen-bond donors (Lipinski definition) is 1. The minimum absolute atomic E-state index is 0.0266. The second-order valence-electron chi connectivity index (χ2n) is 9.62. The quantitative estimate of drug-likeness (QED) is 0.893. The Balaban J connectivity index is 1.23. The lowest BCUT2D eigenvalue weighted by Crippen LogP contribution is -2.45. The zero-order chi connectivity index (χ0) is 18.6. The van der Waals surface area contributed by atoms with E-state index >= 15 is 0 Å². The van der Waals surface area contributed by atoms with Gasteiger partial charge in [0.25, 0.3) is 0 Å². The van der Waals surface area contributed by atoms with Gasteiger partial charge in [-0.15, -0.1) is 0 Å². The zero-order valence-corrected chi connectivity index (χ0v) is 16.3. The largest absolute Gasteiger partial charge is 0.355 e. The van der Waals surface area contributed by atoms with E-state index < -0.39 is 0 Å². The number of carbonyl (C=O) groups is 2. The van der Waals surface area contributed by atoms with Gasteiger partial charge >= 0.3 is 0 Å². The van der Waals surface area contributed by atoms with E-state index in [1.54, 1.807) is 0 Å². The molecule has 0 aromatic heterocycles. The molecule has 1 aromatic carbocycles. The van der Waals surface area contributed by atoms with E-state index in [9.17, 15) is 9.59 Å². The number of piperidine rings is 1. The number of likely N-dealkylation sites (tertiary alicyclic amines) is 1. The van der Waals surface area contributed by atoms with Gasteiger partial charge in [-0.05, 0) is 61.0 Å². The summed E-state index contributed by atoms with van der Waals surface area (Å²) in [6.45, 7) is 4.63. The Kier molecular flexibility index (Phi) is 3.89. The lowest BCUT2D eigenvalue weighted by atomic mass is 9.85. The minimum atomic E-state index is -0.0266. The molecule has 1 aromatic rings.